The molecule has 2 aromatic carbocycles. The third-order valence-corrected chi connectivity index (χ3v) is 5.99. The molecule has 1 aliphatic rings. The number of amides is 1. The van der Waals surface area contributed by atoms with Gasteiger partial charge in [-0.1, -0.05) is 29.5 Å². The maximum Gasteiger partial charge on any atom is 0.273 e. The Morgan fingerprint density at radius 1 is 1.19 bits per heavy atom. The zero-order valence-electron chi connectivity index (χ0n) is 16.7. The second kappa shape index (κ2) is 8.23. The van der Waals surface area contributed by atoms with E-state index in [9.17, 15) is 4.79 Å². The Hall–Kier alpha value is -3.65. The zero-order chi connectivity index (χ0) is 21.2. The van der Waals surface area contributed by atoms with E-state index in [0.29, 0.717) is 23.2 Å². The maximum absolute atomic E-state index is 13.6. The van der Waals surface area contributed by atoms with Crippen LogP contribution in [0, 0.1) is 0 Å². The minimum Gasteiger partial charge on any atom is -0.497 e. The number of methoxy groups -OCH3 is 1. The monoisotopic (exact) mass is 433 g/mol. The van der Waals surface area contributed by atoms with Gasteiger partial charge in [0.2, 0.25) is 6.10 Å². The number of fused-ring (bicyclic) bond motifs is 2. The first-order valence-corrected chi connectivity index (χ1v) is 10.6. The van der Waals surface area contributed by atoms with Crippen LogP contribution < -0.4 is 19.1 Å². The van der Waals surface area contributed by atoms with Crippen molar-refractivity contribution in [3.8, 4) is 17.2 Å². The van der Waals surface area contributed by atoms with Crippen molar-refractivity contribution < 1.29 is 19.0 Å². The van der Waals surface area contributed by atoms with E-state index in [4.69, 9.17) is 19.2 Å². The number of ether oxygens (including phenoxy) is 3. The first-order chi connectivity index (χ1) is 15.2. The molecule has 4 aromatic rings. The fourth-order valence-corrected chi connectivity index (χ4v) is 4.32. The van der Waals surface area contributed by atoms with E-state index in [0.717, 1.165) is 21.5 Å². The van der Waals surface area contributed by atoms with Gasteiger partial charge in [-0.3, -0.25) is 14.7 Å². The standard InChI is InChI=1S/C23H19N3O4S/c1-28-16-8-9-21-17(11-16)25-23(31-21)26(13-15-5-4-10-24-12-15)22(27)20-14-29-18-6-2-3-7-19(18)30-20/h2-12,20H,13-14H2,1H3/t20-/m0/s1. The number of anilines is 1. The van der Waals surface area contributed by atoms with Crippen molar-refractivity contribution in [2.45, 2.75) is 12.6 Å². The van der Waals surface area contributed by atoms with Gasteiger partial charge in [-0.15, -0.1) is 0 Å². The Bertz CT molecular complexity index is 1230. The lowest BCUT2D eigenvalue weighted by atomic mass is 10.2. The minimum absolute atomic E-state index is 0.137. The van der Waals surface area contributed by atoms with Crippen molar-refractivity contribution in [3.05, 3.63) is 72.6 Å². The summed E-state index contributed by atoms with van der Waals surface area (Å²) in [4.78, 5) is 24.1. The van der Waals surface area contributed by atoms with E-state index in [2.05, 4.69) is 4.98 Å². The number of thiazole rings is 1. The second-order valence-electron chi connectivity index (χ2n) is 6.98. The molecule has 5 rings (SSSR count). The van der Waals surface area contributed by atoms with Gasteiger partial charge in [-0.05, 0) is 35.9 Å². The summed E-state index contributed by atoms with van der Waals surface area (Å²) in [6, 6.07) is 16.8. The molecule has 1 atom stereocenters. The van der Waals surface area contributed by atoms with Gasteiger partial charge in [0.15, 0.2) is 16.6 Å². The third-order valence-electron chi connectivity index (χ3n) is 4.93. The second-order valence-corrected chi connectivity index (χ2v) is 7.99. The summed E-state index contributed by atoms with van der Waals surface area (Å²) in [5.74, 6) is 1.69. The van der Waals surface area contributed by atoms with Gasteiger partial charge < -0.3 is 14.2 Å². The van der Waals surface area contributed by atoms with Crippen molar-refractivity contribution in [3.63, 3.8) is 0 Å². The Morgan fingerprint density at radius 2 is 2.06 bits per heavy atom. The molecule has 0 N–H and O–H groups in total. The minimum atomic E-state index is -0.770. The predicted octanol–water partition coefficient (Wildman–Crippen LogP) is 4.07. The summed E-state index contributed by atoms with van der Waals surface area (Å²) in [5, 5.41) is 0.583. The van der Waals surface area contributed by atoms with E-state index >= 15 is 0 Å². The molecule has 0 aliphatic carbocycles. The van der Waals surface area contributed by atoms with Crippen molar-refractivity contribution in [2.75, 3.05) is 18.6 Å². The SMILES string of the molecule is COc1ccc2sc(N(Cc3cccnc3)C(=O)[C@@H]3COc4ccccc4O3)nc2c1. The van der Waals surface area contributed by atoms with Crippen LogP contribution in [0.25, 0.3) is 10.2 Å². The number of nitrogens with zero attached hydrogens (tertiary/aromatic N) is 3. The average Bonchev–Trinajstić information content (AvgIpc) is 3.25. The van der Waals surface area contributed by atoms with Crippen LogP contribution in [0.4, 0.5) is 5.13 Å². The Labute approximate surface area is 182 Å². The molecule has 3 heterocycles. The highest BCUT2D eigenvalue weighted by Crippen LogP contribution is 2.35. The number of benzene rings is 2. The molecule has 0 spiro atoms. The number of hydrogen-bond donors (Lipinski definition) is 0. The quantitative estimate of drug-likeness (QED) is 0.472. The van der Waals surface area contributed by atoms with Crippen LogP contribution in [0.5, 0.6) is 17.2 Å². The third kappa shape index (κ3) is 3.89. The molecule has 0 bridgehead atoms. The van der Waals surface area contributed by atoms with E-state index in [1.54, 1.807) is 30.5 Å². The number of pyridine rings is 1. The summed E-state index contributed by atoms with van der Waals surface area (Å²) >= 11 is 1.44. The van der Waals surface area contributed by atoms with Crippen LogP contribution in [0.2, 0.25) is 0 Å². The molecule has 0 unspecified atom stereocenters. The van der Waals surface area contributed by atoms with Gasteiger partial charge in [0.25, 0.3) is 5.91 Å². The number of rotatable bonds is 5. The van der Waals surface area contributed by atoms with Crippen molar-refractivity contribution in [1.29, 1.82) is 0 Å². The summed E-state index contributed by atoms with van der Waals surface area (Å²) < 4.78 is 18.0. The first-order valence-electron chi connectivity index (χ1n) is 9.74. The largest absolute Gasteiger partial charge is 0.497 e. The Kier molecular flexibility index (Phi) is 5.13. The molecule has 1 amide bonds. The Balaban J connectivity index is 1.49. The number of carbonyl (C=O) groups excluding carboxylic acids is 1. The molecule has 2 aromatic heterocycles. The van der Waals surface area contributed by atoms with Gasteiger partial charge >= 0.3 is 0 Å². The molecule has 1 aliphatic heterocycles. The summed E-state index contributed by atoms with van der Waals surface area (Å²) in [5.41, 5.74) is 1.67. The molecular formula is C23H19N3O4S. The molecule has 8 heteroatoms. The van der Waals surface area contributed by atoms with Crippen molar-refractivity contribution in [2.24, 2.45) is 0 Å². The number of hydrogen-bond acceptors (Lipinski definition) is 7. The molecule has 0 saturated heterocycles. The highest BCUT2D eigenvalue weighted by atomic mass is 32.1. The molecule has 0 saturated carbocycles. The van der Waals surface area contributed by atoms with E-state index < -0.39 is 6.10 Å². The van der Waals surface area contributed by atoms with E-state index in [1.165, 1.54) is 11.3 Å². The molecule has 0 fully saturated rings. The number of aromatic nitrogens is 2. The molecule has 7 nitrogen and oxygen atoms in total. The number of carbonyl (C=O) groups is 1. The smallest absolute Gasteiger partial charge is 0.273 e. The molecule has 0 radical (unpaired) electrons. The van der Waals surface area contributed by atoms with Gasteiger partial charge in [-0.25, -0.2) is 4.98 Å². The molecule has 31 heavy (non-hydrogen) atoms. The highest BCUT2D eigenvalue weighted by Gasteiger charge is 2.33. The van der Waals surface area contributed by atoms with Gasteiger partial charge in [0.05, 0.1) is 23.9 Å². The first kappa shape index (κ1) is 19.3. The lowest BCUT2D eigenvalue weighted by Crippen LogP contribution is -2.46. The predicted molar refractivity (Wildman–Crippen MR) is 118 cm³/mol. The van der Waals surface area contributed by atoms with Crippen LogP contribution >= 0.6 is 11.3 Å². The lowest BCUT2D eigenvalue weighted by Gasteiger charge is -2.29. The summed E-state index contributed by atoms with van der Waals surface area (Å²) in [6.07, 6.45) is 2.67. The lowest BCUT2D eigenvalue weighted by molar-refractivity contribution is -0.127. The summed E-state index contributed by atoms with van der Waals surface area (Å²) in [7, 11) is 1.62. The van der Waals surface area contributed by atoms with Crippen LogP contribution in [0.3, 0.4) is 0 Å². The van der Waals surface area contributed by atoms with Crippen molar-refractivity contribution >= 4 is 32.6 Å². The topological polar surface area (TPSA) is 73.8 Å². The molecular weight excluding hydrogens is 414 g/mol. The normalized spacial score (nSPS) is 14.9. The average molecular weight is 433 g/mol. The zero-order valence-corrected chi connectivity index (χ0v) is 17.5. The number of para-hydroxylation sites is 2. The maximum atomic E-state index is 13.6. The highest BCUT2D eigenvalue weighted by molar-refractivity contribution is 7.22. The van der Waals surface area contributed by atoms with E-state index in [1.807, 2.05) is 48.5 Å². The summed E-state index contributed by atoms with van der Waals surface area (Å²) in [6.45, 7) is 0.462. The van der Waals surface area contributed by atoms with Gasteiger partial charge in [0, 0.05) is 18.5 Å². The van der Waals surface area contributed by atoms with Gasteiger partial charge in [-0.2, -0.15) is 0 Å². The Morgan fingerprint density at radius 3 is 2.87 bits per heavy atom. The van der Waals surface area contributed by atoms with Crippen LogP contribution in [0.15, 0.2) is 67.0 Å². The fourth-order valence-electron chi connectivity index (χ4n) is 3.37. The van der Waals surface area contributed by atoms with Crippen molar-refractivity contribution in [1.82, 2.24) is 9.97 Å². The van der Waals surface area contributed by atoms with Crippen LogP contribution in [-0.2, 0) is 11.3 Å². The van der Waals surface area contributed by atoms with Gasteiger partial charge in [0.1, 0.15) is 12.4 Å². The van der Waals surface area contributed by atoms with Crippen LogP contribution in [-0.4, -0.2) is 35.7 Å². The molecule has 156 valence electrons. The fraction of sp³-hybridized carbons (Fsp3) is 0.174. The van der Waals surface area contributed by atoms with E-state index in [-0.39, 0.29) is 12.5 Å². The van der Waals surface area contributed by atoms with Crippen LogP contribution in [0.1, 0.15) is 5.56 Å².